The average molecular weight is 229 g/mol. The molecule has 2 aromatic carbocycles. The Morgan fingerprint density at radius 3 is 1.62 bits per heavy atom. The molecule has 0 heterocycles. The average Bonchev–Trinajstić information content (AvgIpc) is 2.38. The fourth-order valence-corrected chi connectivity index (χ4v) is 3.56. The molecule has 0 unspecified atom stereocenters. The molecular weight excluding hydrogens is 213 g/mol. The highest BCUT2D eigenvalue weighted by atomic mass is 31.1. The van der Waals surface area contributed by atoms with Crippen LogP contribution < -0.4 is 15.7 Å². The van der Waals surface area contributed by atoms with Crippen LogP contribution in [0.3, 0.4) is 0 Å². The first-order valence-electron chi connectivity index (χ1n) is 5.55. The zero-order chi connectivity index (χ0) is 11.2. The van der Waals surface area contributed by atoms with Gasteiger partial charge in [0.1, 0.15) is 0 Å². The van der Waals surface area contributed by atoms with Crippen LogP contribution in [0.25, 0.3) is 0 Å². The van der Waals surface area contributed by atoms with Gasteiger partial charge in [-0.15, -0.1) is 0 Å². The summed E-state index contributed by atoms with van der Waals surface area (Å²) in [4.78, 5) is 0. The lowest BCUT2D eigenvalue weighted by Crippen LogP contribution is -2.22. The fourth-order valence-electron chi connectivity index (χ4n) is 1.64. The maximum absolute atomic E-state index is 3.58. The van der Waals surface area contributed by atoms with Crippen LogP contribution in [-0.2, 0) is 0 Å². The van der Waals surface area contributed by atoms with Crippen molar-refractivity contribution in [2.24, 2.45) is 0 Å². The zero-order valence-corrected chi connectivity index (χ0v) is 10.3. The Morgan fingerprint density at radius 1 is 0.812 bits per heavy atom. The molecule has 0 fully saturated rings. The van der Waals surface area contributed by atoms with Crippen molar-refractivity contribution in [3.8, 4) is 0 Å². The molecule has 0 amide bonds. The summed E-state index contributed by atoms with van der Waals surface area (Å²) in [5.74, 6) is 0. The Hall–Kier alpha value is -1.17. The van der Waals surface area contributed by atoms with Crippen LogP contribution in [0.1, 0.15) is 6.92 Å². The largest absolute Gasteiger partial charge is 0.289 e. The molecule has 2 aromatic rings. The molecule has 1 nitrogen and oxygen atoms in total. The molecule has 0 saturated heterocycles. The van der Waals surface area contributed by atoms with E-state index in [1.165, 1.54) is 10.6 Å². The molecule has 0 radical (unpaired) electrons. The van der Waals surface area contributed by atoms with Gasteiger partial charge in [-0.05, 0) is 17.2 Å². The van der Waals surface area contributed by atoms with Crippen LogP contribution >= 0.6 is 8.07 Å². The third-order valence-corrected chi connectivity index (χ3v) is 4.61. The third-order valence-electron chi connectivity index (χ3n) is 2.35. The molecule has 2 rings (SSSR count). The maximum Gasteiger partial charge on any atom is 0.0253 e. The Labute approximate surface area is 98.3 Å². The topological polar surface area (TPSA) is 12.0 Å². The predicted molar refractivity (Wildman–Crippen MR) is 72.7 cm³/mol. The summed E-state index contributed by atoms with van der Waals surface area (Å²) >= 11 is 0. The molecule has 0 bridgehead atoms. The lowest BCUT2D eigenvalue weighted by molar-refractivity contribution is 1.02. The molecule has 0 aliphatic heterocycles. The van der Waals surface area contributed by atoms with Gasteiger partial charge in [0, 0.05) is 8.07 Å². The number of nitrogens with one attached hydrogen (secondary N) is 1. The van der Waals surface area contributed by atoms with E-state index in [1.807, 2.05) is 0 Å². The summed E-state index contributed by atoms with van der Waals surface area (Å²) in [6.45, 7) is 3.15. The van der Waals surface area contributed by atoms with Gasteiger partial charge in [-0.3, -0.25) is 5.09 Å². The second-order valence-electron chi connectivity index (χ2n) is 3.52. The van der Waals surface area contributed by atoms with Crippen molar-refractivity contribution < 1.29 is 0 Å². The zero-order valence-electron chi connectivity index (χ0n) is 9.43. The van der Waals surface area contributed by atoms with Crippen molar-refractivity contribution in [3.63, 3.8) is 0 Å². The summed E-state index contributed by atoms with van der Waals surface area (Å²) in [6, 6.07) is 21.3. The Kier molecular flexibility index (Phi) is 4.10. The highest BCUT2D eigenvalue weighted by Gasteiger charge is 2.11. The van der Waals surface area contributed by atoms with E-state index in [2.05, 4.69) is 72.7 Å². The SMILES string of the molecule is CCNP(c1ccccc1)c1ccccc1. The summed E-state index contributed by atoms with van der Waals surface area (Å²) in [5, 5.41) is 6.34. The Balaban J connectivity index is 2.31. The number of rotatable bonds is 4. The van der Waals surface area contributed by atoms with E-state index in [1.54, 1.807) is 0 Å². The molecule has 0 saturated carbocycles. The summed E-state index contributed by atoms with van der Waals surface area (Å²) in [5.41, 5.74) is 0. The van der Waals surface area contributed by atoms with Gasteiger partial charge in [-0.1, -0.05) is 67.6 Å². The van der Waals surface area contributed by atoms with Gasteiger partial charge in [0.05, 0.1) is 0 Å². The van der Waals surface area contributed by atoms with Crippen LogP contribution in [0.5, 0.6) is 0 Å². The van der Waals surface area contributed by atoms with Crippen molar-refractivity contribution in [1.29, 1.82) is 0 Å². The second kappa shape index (κ2) is 5.79. The smallest absolute Gasteiger partial charge is 0.0253 e. The normalized spacial score (nSPS) is 10.6. The van der Waals surface area contributed by atoms with Crippen molar-refractivity contribution in [2.45, 2.75) is 6.92 Å². The van der Waals surface area contributed by atoms with Gasteiger partial charge in [0.15, 0.2) is 0 Å². The van der Waals surface area contributed by atoms with Gasteiger partial charge < -0.3 is 0 Å². The van der Waals surface area contributed by atoms with E-state index in [4.69, 9.17) is 0 Å². The minimum absolute atomic E-state index is 0.401. The Bertz CT molecular complexity index is 374. The molecule has 0 aromatic heterocycles. The Morgan fingerprint density at radius 2 is 1.25 bits per heavy atom. The van der Waals surface area contributed by atoms with Crippen LogP contribution in [-0.4, -0.2) is 6.54 Å². The van der Waals surface area contributed by atoms with Crippen molar-refractivity contribution in [3.05, 3.63) is 60.7 Å². The highest BCUT2D eigenvalue weighted by molar-refractivity contribution is 7.71. The van der Waals surface area contributed by atoms with E-state index in [-0.39, 0.29) is 0 Å². The van der Waals surface area contributed by atoms with Gasteiger partial charge in [-0.2, -0.15) is 0 Å². The molecule has 1 N–H and O–H groups in total. The first-order valence-corrected chi connectivity index (χ1v) is 6.89. The van der Waals surface area contributed by atoms with Crippen LogP contribution in [0.15, 0.2) is 60.7 Å². The highest BCUT2D eigenvalue weighted by Crippen LogP contribution is 2.27. The summed E-state index contributed by atoms with van der Waals surface area (Å²) in [6.07, 6.45) is 0. The van der Waals surface area contributed by atoms with E-state index < -0.39 is 8.07 Å². The quantitative estimate of drug-likeness (QED) is 0.795. The maximum atomic E-state index is 3.58. The number of hydrogen-bond acceptors (Lipinski definition) is 1. The van der Waals surface area contributed by atoms with E-state index in [9.17, 15) is 0 Å². The lowest BCUT2D eigenvalue weighted by atomic mass is 10.4. The summed E-state index contributed by atoms with van der Waals surface area (Å²) < 4.78 is 0. The number of benzene rings is 2. The summed E-state index contributed by atoms with van der Waals surface area (Å²) in [7, 11) is -0.401. The van der Waals surface area contributed by atoms with Crippen molar-refractivity contribution >= 4 is 18.7 Å². The second-order valence-corrected chi connectivity index (χ2v) is 5.54. The number of hydrogen-bond donors (Lipinski definition) is 1. The molecule has 16 heavy (non-hydrogen) atoms. The van der Waals surface area contributed by atoms with Crippen LogP contribution in [0.4, 0.5) is 0 Å². The van der Waals surface area contributed by atoms with Crippen LogP contribution in [0, 0.1) is 0 Å². The molecule has 0 aliphatic carbocycles. The van der Waals surface area contributed by atoms with Gasteiger partial charge in [0.25, 0.3) is 0 Å². The molecule has 0 spiro atoms. The molecule has 2 heteroatoms. The minimum Gasteiger partial charge on any atom is -0.289 e. The first-order chi connectivity index (χ1) is 7.92. The van der Waals surface area contributed by atoms with E-state index >= 15 is 0 Å². The molecule has 0 atom stereocenters. The predicted octanol–water partition coefficient (Wildman–Crippen LogP) is 2.64. The monoisotopic (exact) mass is 229 g/mol. The van der Waals surface area contributed by atoms with E-state index in [0.29, 0.717) is 0 Å². The van der Waals surface area contributed by atoms with Gasteiger partial charge in [0.2, 0.25) is 0 Å². The van der Waals surface area contributed by atoms with Gasteiger partial charge >= 0.3 is 0 Å². The van der Waals surface area contributed by atoms with E-state index in [0.717, 1.165) is 6.54 Å². The fraction of sp³-hybridized carbons (Fsp3) is 0.143. The minimum atomic E-state index is -0.401. The lowest BCUT2D eigenvalue weighted by Gasteiger charge is -2.18. The van der Waals surface area contributed by atoms with Crippen molar-refractivity contribution in [2.75, 3.05) is 6.54 Å². The van der Waals surface area contributed by atoms with Crippen molar-refractivity contribution in [1.82, 2.24) is 5.09 Å². The first kappa shape index (κ1) is 11.3. The molecular formula is C14H16NP. The third kappa shape index (κ3) is 2.69. The van der Waals surface area contributed by atoms with Crippen LogP contribution in [0.2, 0.25) is 0 Å². The standard InChI is InChI=1S/C14H16NP/c1-2-15-16(13-9-5-3-6-10-13)14-11-7-4-8-12-14/h3-12,15H,2H2,1H3. The molecule has 82 valence electrons. The molecule has 0 aliphatic rings. The van der Waals surface area contributed by atoms with Gasteiger partial charge in [-0.25, -0.2) is 0 Å².